The molecule has 0 aliphatic heterocycles. The largest absolute Gasteiger partial charge is 0.507 e. The van der Waals surface area contributed by atoms with Crippen LogP contribution in [0.4, 0.5) is 14.9 Å². The van der Waals surface area contributed by atoms with E-state index >= 15 is 0 Å². The van der Waals surface area contributed by atoms with Gasteiger partial charge < -0.3 is 24.6 Å². The summed E-state index contributed by atoms with van der Waals surface area (Å²) < 4.78 is 30.9. The Bertz CT molecular complexity index is 1200. The monoisotopic (exact) mass is 516 g/mol. The minimum absolute atomic E-state index is 0.00236. The number of carbonyl (C=O) groups is 1. The lowest BCUT2D eigenvalue weighted by atomic mass is 10.1. The summed E-state index contributed by atoms with van der Waals surface area (Å²) in [5.74, 6) is 0.524. The van der Waals surface area contributed by atoms with Gasteiger partial charge in [0.1, 0.15) is 29.5 Å². The molecule has 0 heterocycles. The van der Waals surface area contributed by atoms with E-state index in [1.807, 2.05) is 24.3 Å². The zero-order valence-corrected chi connectivity index (χ0v) is 21.4. The second kappa shape index (κ2) is 12.0. The van der Waals surface area contributed by atoms with Crippen molar-refractivity contribution < 1.29 is 28.5 Å². The van der Waals surface area contributed by atoms with E-state index in [2.05, 4.69) is 10.6 Å². The fourth-order valence-electron chi connectivity index (χ4n) is 3.28. The predicted molar refractivity (Wildman–Crippen MR) is 137 cm³/mol. The number of anilines is 1. The Kier molecular flexibility index (Phi) is 9.01. The molecule has 0 unspecified atom stereocenters. The number of benzene rings is 3. The molecule has 0 bridgehead atoms. The molecule has 0 fully saturated rings. The minimum Gasteiger partial charge on any atom is -0.507 e. The number of aromatic hydroxyl groups is 1. The summed E-state index contributed by atoms with van der Waals surface area (Å²) in [6, 6.07) is 15.2. The standard InChI is InChI=1S/C27H30ClFN2O5/c1-27(2,3)36-26(33)31-22-7-5-6-18(25(22)29)14-30-15-19-12-21(28)24(13-23(19)32)35-16-17-8-10-20(34-4)11-9-17/h5-13,30,32H,14-16H2,1-4H3,(H,31,33). The van der Waals surface area contributed by atoms with E-state index in [9.17, 15) is 14.3 Å². The second-order valence-corrected chi connectivity index (χ2v) is 9.46. The molecule has 192 valence electrons. The Morgan fingerprint density at radius 2 is 1.75 bits per heavy atom. The van der Waals surface area contributed by atoms with E-state index in [-0.39, 0.29) is 31.1 Å². The van der Waals surface area contributed by atoms with E-state index in [0.717, 1.165) is 11.3 Å². The molecule has 3 aromatic carbocycles. The molecule has 7 nitrogen and oxygen atoms in total. The van der Waals surface area contributed by atoms with Gasteiger partial charge in [-0.25, -0.2) is 9.18 Å². The molecular formula is C27H30ClFN2O5. The molecule has 0 saturated heterocycles. The Hall–Kier alpha value is -3.49. The summed E-state index contributed by atoms with van der Waals surface area (Å²) in [6.45, 7) is 5.84. The lowest BCUT2D eigenvalue weighted by Gasteiger charge is -2.20. The SMILES string of the molecule is COc1ccc(COc2cc(O)c(CNCc3cccc(NC(=O)OC(C)(C)C)c3F)cc2Cl)cc1. The van der Waals surface area contributed by atoms with Gasteiger partial charge in [0.15, 0.2) is 5.82 Å². The number of nitrogens with one attached hydrogen (secondary N) is 2. The van der Waals surface area contributed by atoms with Crippen LogP contribution >= 0.6 is 11.6 Å². The van der Waals surface area contributed by atoms with Gasteiger partial charge in [0.25, 0.3) is 0 Å². The molecule has 0 aliphatic carbocycles. The Balaban J connectivity index is 1.58. The molecule has 9 heteroatoms. The predicted octanol–water partition coefficient (Wildman–Crippen LogP) is 6.41. The normalized spacial score (nSPS) is 11.2. The first-order chi connectivity index (χ1) is 17.1. The van der Waals surface area contributed by atoms with E-state index in [0.29, 0.717) is 21.9 Å². The van der Waals surface area contributed by atoms with Crippen molar-refractivity contribution in [3.05, 3.63) is 82.1 Å². The van der Waals surface area contributed by atoms with Gasteiger partial charge in [-0.15, -0.1) is 0 Å². The zero-order chi connectivity index (χ0) is 26.3. The first kappa shape index (κ1) is 27.1. The van der Waals surface area contributed by atoms with E-state index in [1.54, 1.807) is 46.1 Å². The molecule has 3 rings (SSSR count). The molecule has 1 amide bonds. The number of phenols is 1. The van der Waals surface area contributed by atoms with Crippen LogP contribution < -0.4 is 20.1 Å². The molecule has 0 radical (unpaired) electrons. The average molecular weight is 517 g/mol. The molecule has 36 heavy (non-hydrogen) atoms. The van der Waals surface area contributed by atoms with E-state index in [1.165, 1.54) is 12.1 Å². The number of rotatable bonds is 9. The third-order valence-corrected chi connectivity index (χ3v) is 5.33. The summed E-state index contributed by atoms with van der Waals surface area (Å²) in [4.78, 5) is 12.0. The maximum Gasteiger partial charge on any atom is 0.412 e. The van der Waals surface area contributed by atoms with E-state index in [4.69, 9.17) is 25.8 Å². The highest BCUT2D eigenvalue weighted by Gasteiger charge is 2.18. The first-order valence-corrected chi connectivity index (χ1v) is 11.7. The minimum atomic E-state index is -0.736. The van der Waals surface area contributed by atoms with Crippen molar-refractivity contribution in [2.75, 3.05) is 12.4 Å². The van der Waals surface area contributed by atoms with Gasteiger partial charge >= 0.3 is 6.09 Å². The van der Waals surface area contributed by atoms with Crippen molar-refractivity contribution in [1.82, 2.24) is 5.32 Å². The van der Waals surface area contributed by atoms with Gasteiger partial charge in [-0.05, 0) is 50.6 Å². The van der Waals surface area contributed by atoms with Crippen molar-refractivity contribution in [2.45, 2.75) is 46.1 Å². The summed E-state index contributed by atoms with van der Waals surface area (Å²) >= 11 is 6.36. The first-order valence-electron chi connectivity index (χ1n) is 11.3. The number of amides is 1. The number of hydrogen-bond donors (Lipinski definition) is 3. The third-order valence-electron chi connectivity index (χ3n) is 5.03. The fourth-order valence-corrected chi connectivity index (χ4v) is 3.52. The van der Waals surface area contributed by atoms with Crippen molar-refractivity contribution in [1.29, 1.82) is 0 Å². The van der Waals surface area contributed by atoms with Crippen LogP contribution in [0.15, 0.2) is 54.6 Å². The molecule has 0 aromatic heterocycles. The third kappa shape index (κ3) is 7.76. The summed E-state index contributed by atoms with van der Waals surface area (Å²) in [6.07, 6.45) is -0.736. The van der Waals surface area contributed by atoms with E-state index < -0.39 is 17.5 Å². The lowest BCUT2D eigenvalue weighted by molar-refractivity contribution is 0.0635. The Morgan fingerprint density at radius 3 is 2.42 bits per heavy atom. The Morgan fingerprint density at radius 1 is 1.06 bits per heavy atom. The van der Waals surface area contributed by atoms with Crippen LogP contribution in [-0.4, -0.2) is 23.9 Å². The van der Waals surface area contributed by atoms with Gasteiger partial charge in [0, 0.05) is 30.3 Å². The second-order valence-electron chi connectivity index (χ2n) is 9.06. The lowest BCUT2D eigenvalue weighted by Crippen LogP contribution is -2.27. The maximum absolute atomic E-state index is 14.9. The van der Waals surface area contributed by atoms with Crippen molar-refractivity contribution >= 4 is 23.4 Å². The van der Waals surface area contributed by atoms with Crippen molar-refractivity contribution in [3.8, 4) is 17.2 Å². The smallest absolute Gasteiger partial charge is 0.412 e. The molecule has 0 atom stereocenters. The van der Waals surface area contributed by atoms with Crippen LogP contribution in [-0.2, 0) is 24.4 Å². The highest BCUT2D eigenvalue weighted by Crippen LogP contribution is 2.33. The number of hydrogen-bond acceptors (Lipinski definition) is 6. The molecule has 0 aliphatic rings. The van der Waals surface area contributed by atoms with Gasteiger partial charge in [-0.1, -0.05) is 35.9 Å². The molecule has 0 spiro atoms. The number of ether oxygens (including phenoxy) is 3. The summed E-state index contributed by atoms with van der Waals surface area (Å²) in [7, 11) is 1.60. The van der Waals surface area contributed by atoms with Gasteiger partial charge in [0.2, 0.25) is 0 Å². The zero-order valence-electron chi connectivity index (χ0n) is 20.7. The van der Waals surface area contributed by atoms with Crippen LogP contribution in [0.5, 0.6) is 17.2 Å². The van der Waals surface area contributed by atoms with Gasteiger partial charge in [-0.2, -0.15) is 0 Å². The number of phenolic OH excluding ortho intramolecular Hbond substituents is 1. The van der Waals surface area contributed by atoms with Crippen LogP contribution in [0.1, 0.15) is 37.5 Å². The average Bonchev–Trinajstić information content (AvgIpc) is 2.81. The molecular weight excluding hydrogens is 487 g/mol. The number of methoxy groups -OCH3 is 1. The number of carbonyl (C=O) groups excluding carboxylic acids is 1. The van der Waals surface area contributed by atoms with Crippen LogP contribution in [0.2, 0.25) is 5.02 Å². The highest BCUT2D eigenvalue weighted by molar-refractivity contribution is 6.32. The van der Waals surface area contributed by atoms with Crippen LogP contribution in [0.25, 0.3) is 0 Å². The maximum atomic E-state index is 14.9. The summed E-state index contributed by atoms with van der Waals surface area (Å²) in [5.41, 5.74) is 1.11. The number of halogens is 2. The van der Waals surface area contributed by atoms with Crippen molar-refractivity contribution in [3.63, 3.8) is 0 Å². The quantitative estimate of drug-likeness (QED) is 0.304. The Labute approximate surface area is 215 Å². The molecule has 3 N–H and O–H groups in total. The fraction of sp³-hybridized carbons (Fsp3) is 0.296. The highest BCUT2D eigenvalue weighted by atomic mass is 35.5. The summed E-state index contributed by atoms with van der Waals surface area (Å²) in [5, 5.41) is 16.3. The molecule has 3 aromatic rings. The van der Waals surface area contributed by atoms with Crippen LogP contribution in [0, 0.1) is 5.82 Å². The van der Waals surface area contributed by atoms with Crippen LogP contribution in [0.3, 0.4) is 0 Å². The van der Waals surface area contributed by atoms with Gasteiger partial charge in [-0.3, -0.25) is 5.32 Å². The van der Waals surface area contributed by atoms with Crippen molar-refractivity contribution in [2.24, 2.45) is 0 Å². The van der Waals surface area contributed by atoms with Gasteiger partial charge in [0.05, 0.1) is 17.8 Å². The topological polar surface area (TPSA) is 89.0 Å². The molecule has 0 saturated carbocycles.